The number of rotatable bonds is 6. The first-order chi connectivity index (χ1) is 11.1. The van der Waals surface area contributed by atoms with E-state index in [0.717, 1.165) is 34.6 Å². The highest BCUT2D eigenvalue weighted by atomic mass is 16.5. The third-order valence-electron chi connectivity index (χ3n) is 4.09. The lowest BCUT2D eigenvalue weighted by atomic mass is 9.90. The average Bonchev–Trinajstić information content (AvgIpc) is 2.59. The molecule has 2 aromatic rings. The third kappa shape index (κ3) is 3.84. The molecule has 0 radical (unpaired) electrons. The first-order valence-electron chi connectivity index (χ1n) is 7.82. The minimum Gasteiger partial charge on any atom is -0.496 e. The molecule has 0 bridgehead atoms. The molecule has 23 heavy (non-hydrogen) atoms. The average molecular weight is 309 g/mol. The van der Waals surface area contributed by atoms with Crippen molar-refractivity contribution >= 4 is 0 Å². The van der Waals surface area contributed by atoms with Gasteiger partial charge in [0.2, 0.25) is 0 Å². The second-order valence-electron chi connectivity index (χ2n) is 5.63. The summed E-state index contributed by atoms with van der Waals surface area (Å²) < 4.78 is 10.9. The van der Waals surface area contributed by atoms with Crippen LogP contribution in [0.2, 0.25) is 0 Å². The van der Waals surface area contributed by atoms with Gasteiger partial charge in [0.25, 0.3) is 0 Å². The number of benzene rings is 2. The Kier molecular flexibility index (Phi) is 5.65. The fourth-order valence-electron chi connectivity index (χ4n) is 2.79. The smallest absolute Gasteiger partial charge is 0.123 e. The fraction of sp³-hybridized carbons (Fsp3) is 0.350. The van der Waals surface area contributed by atoms with Gasteiger partial charge < -0.3 is 9.47 Å². The number of nitriles is 1. The Bertz CT molecular complexity index is 716. The molecule has 0 heterocycles. The lowest BCUT2D eigenvalue weighted by molar-refractivity contribution is 0.404. The highest BCUT2D eigenvalue weighted by molar-refractivity contribution is 5.45. The molecule has 0 saturated carbocycles. The van der Waals surface area contributed by atoms with E-state index < -0.39 is 0 Å². The van der Waals surface area contributed by atoms with Crippen LogP contribution in [0.15, 0.2) is 36.4 Å². The predicted molar refractivity (Wildman–Crippen MR) is 92.2 cm³/mol. The van der Waals surface area contributed by atoms with Crippen LogP contribution in [0.25, 0.3) is 0 Å². The van der Waals surface area contributed by atoms with Gasteiger partial charge in [0.1, 0.15) is 11.5 Å². The largest absolute Gasteiger partial charge is 0.496 e. The van der Waals surface area contributed by atoms with Crippen molar-refractivity contribution < 1.29 is 9.47 Å². The number of ether oxygens (including phenoxy) is 2. The van der Waals surface area contributed by atoms with Crippen LogP contribution >= 0.6 is 0 Å². The van der Waals surface area contributed by atoms with E-state index in [1.807, 2.05) is 31.2 Å². The molecule has 1 unspecified atom stereocenters. The predicted octanol–water partition coefficient (Wildman–Crippen LogP) is 4.42. The molecule has 2 aromatic carbocycles. The zero-order chi connectivity index (χ0) is 16.8. The quantitative estimate of drug-likeness (QED) is 0.793. The molecule has 120 valence electrons. The van der Waals surface area contributed by atoms with Crippen molar-refractivity contribution in [2.45, 2.75) is 32.6 Å². The van der Waals surface area contributed by atoms with E-state index in [2.05, 4.69) is 25.1 Å². The van der Waals surface area contributed by atoms with Gasteiger partial charge in [-0.05, 0) is 43.0 Å². The Labute approximate surface area is 138 Å². The van der Waals surface area contributed by atoms with Gasteiger partial charge in [0.05, 0.1) is 26.2 Å². The maximum absolute atomic E-state index is 9.71. The van der Waals surface area contributed by atoms with E-state index >= 15 is 0 Å². The molecule has 0 aliphatic rings. The first kappa shape index (κ1) is 16.9. The molecule has 0 fully saturated rings. The lowest BCUT2D eigenvalue weighted by Crippen LogP contribution is -2.05. The number of methoxy groups -OCH3 is 2. The summed E-state index contributed by atoms with van der Waals surface area (Å²) in [4.78, 5) is 0. The Morgan fingerprint density at radius 1 is 1.04 bits per heavy atom. The van der Waals surface area contributed by atoms with E-state index in [1.165, 1.54) is 5.56 Å². The standard InChI is InChI=1S/C20H23NO2/c1-5-15-7-9-20(23-4)18(11-15)17(13-21)12-16-10-14(2)6-8-19(16)22-3/h6-11,17H,5,12H2,1-4H3. The molecule has 1 atom stereocenters. The molecule has 3 nitrogen and oxygen atoms in total. The van der Waals surface area contributed by atoms with Gasteiger partial charge in [-0.15, -0.1) is 0 Å². The van der Waals surface area contributed by atoms with Crippen molar-refractivity contribution in [3.8, 4) is 17.6 Å². The summed E-state index contributed by atoms with van der Waals surface area (Å²) >= 11 is 0. The molecule has 0 aliphatic heterocycles. The molecule has 0 aliphatic carbocycles. The normalized spacial score (nSPS) is 11.6. The zero-order valence-electron chi connectivity index (χ0n) is 14.2. The van der Waals surface area contributed by atoms with Crippen LogP contribution in [0, 0.1) is 18.3 Å². The lowest BCUT2D eigenvalue weighted by Gasteiger charge is -2.17. The molecule has 0 aromatic heterocycles. The summed E-state index contributed by atoms with van der Waals surface area (Å²) in [7, 11) is 3.31. The SMILES string of the molecule is CCc1ccc(OC)c(C(C#N)Cc2cc(C)ccc2OC)c1. The van der Waals surface area contributed by atoms with Gasteiger partial charge in [0.15, 0.2) is 0 Å². The monoisotopic (exact) mass is 309 g/mol. The van der Waals surface area contributed by atoms with Gasteiger partial charge in [-0.25, -0.2) is 0 Å². The number of hydrogen-bond donors (Lipinski definition) is 0. The van der Waals surface area contributed by atoms with E-state index in [9.17, 15) is 5.26 Å². The van der Waals surface area contributed by atoms with E-state index in [4.69, 9.17) is 9.47 Å². The van der Waals surface area contributed by atoms with E-state index in [1.54, 1.807) is 14.2 Å². The number of nitrogens with zero attached hydrogens (tertiary/aromatic N) is 1. The Morgan fingerprint density at radius 2 is 1.74 bits per heavy atom. The van der Waals surface area contributed by atoms with Gasteiger partial charge >= 0.3 is 0 Å². The second-order valence-corrected chi connectivity index (χ2v) is 5.63. The van der Waals surface area contributed by atoms with Crippen molar-refractivity contribution in [2.75, 3.05) is 14.2 Å². The summed E-state index contributed by atoms with van der Waals surface area (Å²) in [6.07, 6.45) is 1.54. The van der Waals surface area contributed by atoms with Crippen LogP contribution < -0.4 is 9.47 Å². The molecule has 0 spiro atoms. The summed E-state index contributed by atoms with van der Waals surface area (Å²) in [5, 5.41) is 9.71. The summed E-state index contributed by atoms with van der Waals surface area (Å²) in [5.74, 6) is 1.31. The van der Waals surface area contributed by atoms with Crippen molar-refractivity contribution in [3.05, 3.63) is 58.7 Å². The zero-order valence-corrected chi connectivity index (χ0v) is 14.2. The third-order valence-corrected chi connectivity index (χ3v) is 4.09. The van der Waals surface area contributed by atoms with Crippen molar-refractivity contribution in [3.63, 3.8) is 0 Å². The van der Waals surface area contributed by atoms with Crippen molar-refractivity contribution in [2.24, 2.45) is 0 Å². The highest BCUT2D eigenvalue weighted by Crippen LogP contribution is 2.33. The minimum atomic E-state index is -0.271. The summed E-state index contributed by atoms with van der Waals surface area (Å²) in [6.45, 7) is 4.15. The summed E-state index contributed by atoms with van der Waals surface area (Å²) in [5.41, 5.74) is 4.35. The highest BCUT2D eigenvalue weighted by Gasteiger charge is 2.19. The molecular weight excluding hydrogens is 286 g/mol. The van der Waals surface area contributed by atoms with Crippen LogP contribution in [0.1, 0.15) is 35.1 Å². The maximum Gasteiger partial charge on any atom is 0.123 e. The van der Waals surface area contributed by atoms with Crippen molar-refractivity contribution in [1.29, 1.82) is 5.26 Å². The number of aryl methyl sites for hydroxylation is 2. The Hall–Kier alpha value is -2.47. The van der Waals surface area contributed by atoms with Gasteiger partial charge in [-0.1, -0.05) is 36.8 Å². The first-order valence-corrected chi connectivity index (χ1v) is 7.82. The fourth-order valence-corrected chi connectivity index (χ4v) is 2.79. The van der Waals surface area contributed by atoms with Gasteiger partial charge in [-0.2, -0.15) is 5.26 Å². The van der Waals surface area contributed by atoms with Crippen LogP contribution in [-0.2, 0) is 12.8 Å². The molecule has 0 N–H and O–H groups in total. The Morgan fingerprint density at radius 3 is 2.35 bits per heavy atom. The van der Waals surface area contributed by atoms with E-state index in [-0.39, 0.29) is 5.92 Å². The second kappa shape index (κ2) is 7.69. The Balaban J connectivity index is 2.42. The van der Waals surface area contributed by atoms with Crippen LogP contribution in [0.4, 0.5) is 0 Å². The summed E-state index contributed by atoms with van der Waals surface area (Å²) in [6, 6.07) is 14.6. The van der Waals surface area contributed by atoms with Gasteiger partial charge in [0, 0.05) is 5.56 Å². The molecule has 0 amide bonds. The minimum absolute atomic E-state index is 0.271. The molecular formula is C20H23NO2. The molecule has 0 saturated heterocycles. The van der Waals surface area contributed by atoms with Crippen LogP contribution in [-0.4, -0.2) is 14.2 Å². The van der Waals surface area contributed by atoms with Crippen LogP contribution in [0.3, 0.4) is 0 Å². The molecule has 2 rings (SSSR count). The molecule has 3 heteroatoms. The van der Waals surface area contributed by atoms with Crippen molar-refractivity contribution in [1.82, 2.24) is 0 Å². The maximum atomic E-state index is 9.71. The number of hydrogen-bond acceptors (Lipinski definition) is 3. The van der Waals surface area contributed by atoms with Crippen LogP contribution in [0.5, 0.6) is 11.5 Å². The van der Waals surface area contributed by atoms with E-state index in [0.29, 0.717) is 6.42 Å². The van der Waals surface area contributed by atoms with Gasteiger partial charge in [-0.3, -0.25) is 0 Å². The topological polar surface area (TPSA) is 42.2 Å².